The molecule has 1 rings (SSSR count). The third kappa shape index (κ3) is 5.91. The molecule has 0 saturated heterocycles. The predicted molar refractivity (Wildman–Crippen MR) is 69.1 cm³/mol. The van der Waals surface area contributed by atoms with Gasteiger partial charge in [0.1, 0.15) is 0 Å². The van der Waals surface area contributed by atoms with Crippen LogP contribution in [0.5, 0.6) is 0 Å². The number of urea groups is 1. The number of rotatable bonds is 6. The first kappa shape index (κ1) is 14.3. The number of carbonyl (C=O) groups excluding carboxylic acids is 1. The van der Waals surface area contributed by atoms with Crippen molar-refractivity contribution in [3.63, 3.8) is 0 Å². The Kier molecular flexibility index (Phi) is 7.01. The Morgan fingerprint density at radius 1 is 1.35 bits per heavy atom. The third-order valence-corrected chi connectivity index (χ3v) is 3.28. The number of hydrogen-bond donors (Lipinski definition) is 2. The van der Waals surface area contributed by atoms with Gasteiger partial charge in [0, 0.05) is 13.2 Å². The zero-order valence-electron chi connectivity index (χ0n) is 11.1. The molecule has 1 atom stereocenters. The predicted octanol–water partition coefficient (Wildman–Crippen LogP) is 2.43. The van der Waals surface area contributed by atoms with Crippen LogP contribution in [-0.2, 0) is 4.74 Å². The number of ether oxygens (including phenoxy) is 1. The van der Waals surface area contributed by atoms with Crippen molar-refractivity contribution < 1.29 is 9.53 Å². The molecule has 17 heavy (non-hydrogen) atoms. The molecule has 1 aliphatic carbocycles. The Labute approximate surface area is 104 Å². The average Bonchev–Trinajstić information content (AvgIpc) is 2.30. The molecule has 0 aromatic carbocycles. The highest BCUT2D eigenvalue weighted by Crippen LogP contribution is 2.17. The second-order valence-corrected chi connectivity index (χ2v) is 4.89. The van der Waals surface area contributed by atoms with E-state index in [1.54, 1.807) is 7.11 Å². The first-order valence-corrected chi connectivity index (χ1v) is 6.82. The van der Waals surface area contributed by atoms with E-state index in [1.165, 1.54) is 19.3 Å². The minimum Gasteiger partial charge on any atom is -0.383 e. The summed E-state index contributed by atoms with van der Waals surface area (Å²) in [5.74, 6) is 0. The smallest absolute Gasteiger partial charge is 0.315 e. The van der Waals surface area contributed by atoms with Crippen LogP contribution in [0.3, 0.4) is 0 Å². The summed E-state index contributed by atoms with van der Waals surface area (Å²) in [5, 5.41) is 6.05. The van der Waals surface area contributed by atoms with Gasteiger partial charge in [-0.25, -0.2) is 4.79 Å². The molecule has 0 heterocycles. The summed E-state index contributed by atoms with van der Waals surface area (Å²) >= 11 is 0. The summed E-state index contributed by atoms with van der Waals surface area (Å²) in [4.78, 5) is 11.8. The minimum absolute atomic E-state index is 0.0348. The summed E-state index contributed by atoms with van der Waals surface area (Å²) in [6, 6.07) is 0.467. The number of nitrogens with one attached hydrogen (secondary N) is 2. The van der Waals surface area contributed by atoms with Crippen LogP contribution in [0.1, 0.15) is 51.9 Å². The second-order valence-electron chi connectivity index (χ2n) is 4.89. The average molecular weight is 242 g/mol. The van der Waals surface area contributed by atoms with Gasteiger partial charge >= 0.3 is 6.03 Å². The molecule has 4 heteroatoms. The van der Waals surface area contributed by atoms with E-state index < -0.39 is 0 Å². The van der Waals surface area contributed by atoms with E-state index in [2.05, 4.69) is 17.6 Å². The van der Waals surface area contributed by atoms with Crippen molar-refractivity contribution in [1.29, 1.82) is 0 Å². The lowest BCUT2D eigenvalue weighted by Gasteiger charge is -2.24. The van der Waals surface area contributed by atoms with Gasteiger partial charge in [-0.2, -0.15) is 0 Å². The lowest BCUT2D eigenvalue weighted by atomic mass is 9.96. The van der Waals surface area contributed by atoms with E-state index in [4.69, 9.17) is 4.74 Å². The number of hydrogen-bond acceptors (Lipinski definition) is 2. The normalized spacial score (nSPS) is 18.7. The standard InChI is InChI=1S/C13H26N2O2/c1-3-7-12(10-17-2)15-13(16)14-11-8-5-4-6-9-11/h11-12H,3-10H2,1-2H3,(H2,14,15,16). The van der Waals surface area contributed by atoms with Gasteiger partial charge in [-0.1, -0.05) is 32.6 Å². The van der Waals surface area contributed by atoms with Crippen LogP contribution in [-0.4, -0.2) is 31.8 Å². The highest BCUT2D eigenvalue weighted by atomic mass is 16.5. The summed E-state index contributed by atoms with van der Waals surface area (Å²) in [6.45, 7) is 2.70. The summed E-state index contributed by atoms with van der Waals surface area (Å²) in [7, 11) is 1.67. The number of amides is 2. The van der Waals surface area contributed by atoms with Gasteiger partial charge in [0.25, 0.3) is 0 Å². The van der Waals surface area contributed by atoms with Gasteiger partial charge in [0.15, 0.2) is 0 Å². The van der Waals surface area contributed by atoms with E-state index in [0.29, 0.717) is 12.6 Å². The lowest BCUT2D eigenvalue weighted by Crippen LogP contribution is -2.48. The van der Waals surface area contributed by atoms with E-state index in [0.717, 1.165) is 25.7 Å². The molecule has 1 aliphatic rings. The molecule has 1 unspecified atom stereocenters. The van der Waals surface area contributed by atoms with Gasteiger partial charge in [0.05, 0.1) is 12.6 Å². The molecule has 1 saturated carbocycles. The summed E-state index contributed by atoms with van der Waals surface area (Å²) in [6.07, 6.45) is 8.04. The number of carbonyl (C=O) groups is 1. The fraction of sp³-hybridized carbons (Fsp3) is 0.923. The molecule has 0 spiro atoms. The Morgan fingerprint density at radius 2 is 2.06 bits per heavy atom. The molecule has 2 amide bonds. The second kappa shape index (κ2) is 8.34. The van der Waals surface area contributed by atoms with Crippen molar-refractivity contribution in [3.8, 4) is 0 Å². The largest absolute Gasteiger partial charge is 0.383 e. The van der Waals surface area contributed by atoms with Crippen LogP contribution in [0, 0.1) is 0 Å². The fourth-order valence-electron chi connectivity index (χ4n) is 2.41. The summed E-state index contributed by atoms with van der Waals surface area (Å²) < 4.78 is 5.10. The van der Waals surface area contributed by atoms with Crippen LogP contribution in [0.15, 0.2) is 0 Å². The van der Waals surface area contributed by atoms with E-state index in [-0.39, 0.29) is 12.1 Å². The Hall–Kier alpha value is -0.770. The third-order valence-electron chi connectivity index (χ3n) is 3.28. The van der Waals surface area contributed by atoms with Crippen LogP contribution >= 0.6 is 0 Å². The van der Waals surface area contributed by atoms with Gasteiger partial charge in [-0.15, -0.1) is 0 Å². The molecule has 4 nitrogen and oxygen atoms in total. The molecule has 0 bridgehead atoms. The molecular formula is C13H26N2O2. The fourth-order valence-corrected chi connectivity index (χ4v) is 2.41. The first-order valence-electron chi connectivity index (χ1n) is 6.82. The highest BCUT2D eigenvalue weighted by molar-refractivity contribution is 5.74. The molecule has 0 aromatic heterocycles. The van der Waals surface area contributed by atoms with Crippen LogP contribution < -0.4 is 10.6 Å². The zero-order valence-corrected chi connectivity index (χ0v) is 11.1. The van der Waals surface area contributed by atoms with Crippen LogP contribution in [0.2, 0.25) is 0 Å². The lowest BCUT2D eigenvalue weighted by molar-refractivity contribution is 0.160. The molecule has 2 N–H and O–H groups in total. The van der Waals surface area contributed by atoms with Crippen molar-refractivity contribution in [2.45, 2.75) is 64.0 Å². The molecular weight excluding hydrogens is 216 g/mol. The van der Waals surface area contributed by atoms with Crippen molar-refractivity contribution in [1.82, 2.24) is 10.6 Å². The highest BCUT2D eigenvalue weighted by Gasteiger charge is 2.17. The van der Waals surface area contributed by atoms with E-state index in [1.807, 2.05) is 0 Å². The van der Waals surface area contributed by atoms with Gasteiger partial charge in [-0.3, -0.25) is 0 Å². The van der Waals surface area contributed by atoms with Crippen molar-refractivity contribution in [2.75, 3.05) is 13.7 Å². The Bertz CT molecular complexity index is 209. The van der Waals surface area contributed by atoms with E-state index >= 15 is 0 Å². The van der Waals surface area contributed by atoms with Crippen molar-refractivity contribution in [3.05, 3.63) is 0 Å². The maximum atomic E-state index is 11.8. The van der Waals surface area contributed by atoms with Crippen LogP contribution in [0.4, 0.5) is 4.79 Å². The van der Waals surface area contributed by atoms with Crippen molar-refractivity contribution in [2.24, 2.45) is 0 Å². The van der Waals surface area contributed by atoms with E-state index in [9.17, 15) is 4.79 Å². The molecule has 1 fully saturated rings. The first-order chi connectivity index (χ1) is 8.26. The Morgan fingerprint density at radius 3 is 2.65 bits per heavy atom. The molecule has 0 radical (unpaired) electrons. The Balaban J connectivity index is 2.25. The maximum Gasteiger partial charge on any atom is 0.315 e. The van der Waals surface area contributed by atoms with Gasteiger partial charge in [-0.05, 0) is 19.3 Å². The minimum atomic E-state index is -0.0348. The molecule has 100 valence electrons. The monoisotopic (exact) mass is 242 g/mol. The molecule has 0 aromatic rings. The summed E-state index contributed by atoms with van der Waals surface area (Å²) in [5.41, 5.74) is 0. The zero-order chi connectivity index (χ0) is 12.5. The van der Waals surface area contributed by atoms with Gasteiger partial charge in [0.2, 0.25) is 0 Å². The topological polar surface area (TPSA) is 50.4 Å². The van der Waals surface area contributed by atoms with Crippen LogP contribution in [0.25, 0.3) is 0 Å². The van der Waals surface area contributed by atoms with Crippen molar-refractivity contribution >= 4 is 6.03 Å². The quantitative estimate of drug-likeness (QED) is 0.751. The SMILES string of the molecule is CCCC(COC)NC(=O)NC1CCCCC1. The number of methoxy groups -OCH3 is 1. The maximum absolute atomic E-state index is 11.8. The molecule has 0 aliphatic heterocycles. The van der Waals surface area contributed by atoms with Gasteiger partial charge < -0.3 is 15.4 Å².